The molecule has 3 aromatic rings. The molecular weight excluding hydrogens is 252 g/mol. The van der Waals surface area contributed by atoms with Gasteiger partial charge in [-0.15, -0.1) is 0 Å². The van der Waals surface area contributed by atoms with Gasteiger partial charge in [-0.3, -0.25) is 9.59 Å². The standard InChI is InChI=1S/C16H12N2O2/c19-10-14-7-8-15(17-14)16(20)18-13-6-5-11-3-1-2-4-12(11)9-13/h1-10,17H,(H,18,20). The number of aromatic amines is 1. The van der Waals surface area contributed by atoms with Crippen LogP contribution in [0.15, 0.2) is 54.6 Å². The monoisotopic (exact) mass is 264 g/mol. The van der Waals surface area contributed by atoms with E-state index in [4.69, 9.17) is 0 Å². The van der Waals surface area contributed by atoms with Gasteiger partial charge in [0.1, 0.15) is 5.69 Å². The van der Waals surface area contributed by atoms with Crippen molar-refractivity contribution < 1.29 is 9.59 Å². The zero-order valence-corrected chi connectivity index (χ0v) is 10.6. The van der Waals surface area contributed by atoms with Gasteiger partial charge in [0, 0.05) is 5.69 Å². The number of aldehydes is 1. The molecule has 2 aromatic carbocycles. The van der Waals surface area contributed by atoms with Crippen molar-refractivity contribution in [1.82, 2.24) is 4.98 Å². The van der Waals surface area contributed by atoms with Crippen LogP contribution in [-0.4, -0.2) is 17.2 Å². The van der Waals surface area contributed by atoms with Crippen molar-refractivity contribution in [3.05, 3.63) is 66.0 Å². The summed E-state index contributed by atoms with van der Waals surface area (Å²) in [5, 5.41) is 4.98. The van der Waals surface area contributed by atoms with Crippen LogP contribution in [0, 0.1) is 0 Å². The number of carbonyl (C=O) groups is 2. The summed E-state index contributed by atoms with van der Waals surface area (Å²) in [5.41, 5.74) is 1.46. The van der Waals surface area contributed by atoms with Crippen LogP contribution in [0.5, 0.6) is 0 Å². The normalized spacial score (nSPS) is 10.4. The summed E-state index contributed by atoms with van der Waals surface area (Å²) in [6.07, 6.45) is 0.673. The number of rotatable bonds is 3. The molecule has 20 heavy (non-hydrogen) atoms. The molecule has 0 fully saturated rings. The van der Waals surface area contributed by atoms with Gasteiger partial charge in [-0.2, -0.15) is 0 Å². The lowest BCUT2D eigenvalue weighted by Crippen LogP contribution is -2.12. The van der Waals surface area contributed by atoms with Crippen LogP contribution >= 0.6 is 0 Å². The molecule has 3 rings (SSSR count). The molecule has 0 aliphatic rings. The SMILES string of the molecule is O=Cc1ccc(C(=O)Nc2ccc3ccccc3c2)[nH]1. The largest absolute Gasteiger partial charge is 0.348 e. The molecular formula is C16H12N2O2. The maximum absolute atomic E-state index is 12.0. The highest BCUT2D eigenvalue weighted by atomic mass is 16.2. The smallest absolute Gasteiger partial charge is 0.272 e. The number of carbonyl (C=O) groups excluding carboxylic acids is 2. The second kappa shape index (κ2) is 5.01. The molecule has 0 saturated heterocycles. The van der Waals surface area contributed by atoms with Crippen LogP contribution in [0.1, 0.15) is 21.0 Å². The van der Waals surface area contributed by atoms with Crippen LogP contribution in [0.4, 0.5) is 5.69 Å². The van der Waals surface area contributed by atoms with Crippen LogP contribution in [0.3, 0.4) is 0 Å². The molecule has 4 heteroatoms. The molecule has 0 aliphatic heterocycles. The fraction of sp³-hybridized carbons (Fsp3) is 0. The van der Waals surface area contributed by atoms with Gasteiger partial charge in [-0.05, 0) is 35.0 Å². The Labute approximate surface area is 115 Å². The number of aromatic nitrogens is 1. The third-order valence-electron chi connectivity index (χ3n) is 3.09. The molecule has 0 aliphatic carbocycles. The first kappa shape index (κ1) is 12.2. The Hall–Kier alpha value is -2.88. The van der Waals surface area contributed by atoms with E-state index in [-0.39, 0.29) is 5.91 Å². The van der Waals surface area contributed by atoms with Gasteiger partial charge in [-0.25, -0.2) is 0 Å². The molecule has 0 atom stereocenters. The van der Waals surface area contributed by atoms with E-state index in [1.54, 1.807) is 12.1 Å². The summed E-state index contributed by atoms with van der Waals surface area (Å²) in [6.45, 7) is 0. The lowest BCUT2D eigenvalue weighted by Gasteiger charge is -2.05. The summed E-state index contributed by atoms with van der Waals surface area (Å²) in [7, 11) is 0. The summed E-state index contributed by atoms with van der Waals surface area (Å²) >= 11 is 0. The number of benzene rings is 2. The lowest BCUT2D eigenvalue weighted by atomic mass is 10.1. The minimum absolute atomic E-state index is 0.270. The number of H-pyrrole nitrogens is 1. The fourth-order valence-corrected chi connectivity index (χ4v) is 2.08. The number of hydrogen-bond donors (Lipinski definition) is 2. The first-order valence-corrected chi connectivity index (χ1v) is 6.20. The Kier molecular flexibility index (Phi) is 3.05. The van der Waals surface area contributed by atoms with Crippen molar-refractivity contribution in [3.63, 3.8) is 0 Å². The first-order valence-electron chi connectivity index (χ1n) is 6.20. The van der Waals surface area contributed by atoms with E-state index in [9.17, 15) is 9.59 Å². The highest BCUT2D eigenvalue weighted by molar-refractivity contribution is 6.04. The molecule has 0 spiro atoms. The van der Waals surface area contributed by atoms with Crippen molar-refractivity contribution in [1.29, 1.82) is 0 Å². The zero-order chi connectivity index (χ0) is 13.9. The minimum atomic E-state index is -0.270. The summed E-state index contributed by atoms with van der Waals surface area (Å²) in [5.74, 6) is -0.270. The molecule has 98 valence electrons. The van der Waals surface area contributed by atoms with Crippen molar-refractivity contribution >= 4 is 28.7 Å². The Morgan fingerprint density at radius 2 is 1.80 bits per heavy atom. The Bertz CT molecular complexity index is 790. The van der Waals surface area contributed by atoms with Crippen LogP contribution in [0.2, 0.25) is 0 Å². The molecule has 1 amide bonds. The predicted octanol–water partition coefficient (Wildman–Crippen LogP) is 3.23. The number of amides is 1. The number of hydrogen-bond acceptors (Lipinski definition) is 2. The fourth-order valence-electron chi connectivity index (χ4n) is 2.08. The van der Waals surface area contributed by atoms with Gasteiger partial charge in [-0.1, -0.05) is 30.3 Å². The van der Waals surface area contributed by atoms with Gasteiger partial charge < -0.3 is 10.3 Å². The van der Waals surface area contributed by atoms with E-state index in [1.165, 1.54) is 0 Å². The highest BCUT2D eigenvalue weighted by Crippen LogP contribution is 2.19. The van der Waals surface area contributed by atoms with E-state index in [2.05, 4.69) is 10.3 Å². The Balaban J connectivity index is 1.85. The topological polar surface area (TPSA) is 62.0 Å². The van der Waals surface area contributed by atoms with Crippen LogP contribution < -0.4 is 5.32 Å². The van der Waals surface area contributed by atoms with Crippen LogP contribution in [-0.2, 0) is 0 Å². The molecule has 4 nitrogen and oxygen atoms in total. The van der Waals surface area contributed by atoms with Crippen LogP contribution in [0.25, 0.3) is 10.8 Å². The summed E-state index contributed by atoms with van der Waals surface area (Å²) in [6, 6.07) is 16.8. The van der Waals surface area contributed by atoms with Gasteiger partial charge in [0.25, 0.3) is 5.91 Å². The van der Waals surface area contributed by atoms with Crippen molar-refractivity contribution in [3.8, 4) is 0 Å². The maximum Gasteiger partial charge on any atom is 0.272 e. The van der Waals surface area contributed by atoms with Gasteiger partial charge in [0.2, 0.25) is 0 Å². The van der Waals surface area contributed by atoms with Crippen molar-refractivity contribution in [2.24, 2.45) is 0 Å². The van der Waals surface area contributed by atoms with E-state index < -0.39 is 0 Å². The molecule has 2 N–H and O–H groups in total. The molecule has 0 radical (unpaired) electrons. The first-order chi connectivity index (χ1) is 9.76. The number of anilines is 1. The van der Waals surface area contributed by atoms with E-state index >= 15 is 0 Å². The minimum Gasteiger partial charge on any atom is -0.348 e. The predicted molar refractivity (Wildman–Crippen MR) is 78.1 cm³/mol. The third-order valence-corrected chi connectivity index (χ3v) is 3.09. The Morgan fingerprint density at radius 1 is 1.00 bits per heavy atom. The lowest BCUT2D eigenvalue weighted by molar-refractivity contribution is 0.102. The molecule has 0 bridgehead atoms. The molecule has 0 saturated carbocycles. The van der Waals surface area contributed by atoms with Crippen molar-refractivity contribution in [2.45, 2.75) is 0 Å². The molecule has 1 aromatic heterocycles. The van der Waals surface area contributed by atoms with Gasteiger partial charge >= 0.3 is 0 Å². The van der Waals surface area contributed by atoms with Gasteiger partial charge in [0.05, 0.1) is 5.69 Å². The molecule has 1 heterocycles. The average molecular weight is 264 g/mol. The number of nitrogens with one attached hydrogen (secondary N) is 2. The van der Waals surface area contributed by atoms with E-state index in [0.29, 0.717) is 17.7 Å². The highest BCUT2D eigenvalue weighted by Gasteiger charge is 2.08. The zero-order valence-electron chi connectivity index (χ0n) is 10.6. The number of fused-ring (bicyclic) bond motifs is 1. The summed E-state index contributed by atoms with van der Waals surface area (Å²) in [4.78, 5) is 25.3. The maximum atomic E-state index is 12.0. The van der Waals surface area contributed by atoms with E-state index in [1.807, 2.05) is 42.5 Å². The van der Waals surface area contributed by atoms with E-state index in [0.717, 1.165) is 16.5 Å². The Morgan fingerprint density at radius 3 is 2.55 bits per heavy atom. The third kappa shape index (κ3) is 2.31. The quantitative estimate of drug-likeness (QED) is 0.713. The van der Waals surface area contributed by atoms with Crippen molar-refractivity contribution in [2.75, 3.05) is 5.32 Å². The molecule has 0 unspecified atom stereocenters. The van der Waals surface area contributed by atoms with Gasteiger partial charge in [0.15, 0.2) is 6.29 Å². The second-order valence-electron chi connectivity index (χ2n) is 4.46. The summed E-state index contributed by atoms with van der Waals surface area (Å²) < 4.78 is 0. The second-order valence-corrected chi connectivity index (χ2v) is 4.46. The average Bonchev–Trinajstić information content (AvgIpc) is 2.96.